The second-order valence-electron chi connectivity index (χ2n) is 0.835. The highest BCUT2D eigenvalue weighted by Crippen LogP contribution is 1.56. The third-order valence-electron chi connectivity index (χ3n) is 0.0845. The summed E-state index contributed by atoms with van der Waals surface area (Å²) in [5.74, 6) is 0. The molecule has 0 aromatic rings. The van der Waals surface area contributed by atoms with Gasteiger partial charge in [0.25, 0.3) is 0 Å². The van der Waals surface area contributed by atoms with Gasteiger partial charge in [0.05, 0.1) is 6.61 Å². The fraction of sp³-hybridized carbons (Fsp3) is 1.00. The number of aliphatic hydroxyl groups excluding tert-OH is 2. The molecule has 0 saturated carbocycles. The third-order valence-corrected chi connectivity index (χ3v) is 0.0845. The lowest BCUT2D eigenvalue weighted by molar-refractivity contribution is 0.168. The van der Waals surface area contributed by atoms with E-state index in [0.717, 1.165) is 0 Å². The summed E-state index contributed by atoms with van der Waals surface area (Å²) in [4.78, 5) is 0. The van der Waals surface area contributed by atoms with Crippen LogP contribution in [0.5, 0.6) is 0 Å². The van der Waals surface area contributed by atoms with Gasteiger partial charge in [-0.15, -0.1) is 0 Å². The second-order valence-corrected chi connectivity index (χ2v) is 0.835. The maximum absolute atomic E-state index is 10.5. The lowest BCUT2D eigenvalue weighted by atomic mass is 10.9. The Balaban J connectivity index is -0.0000000317. The maximum Gasteiger partial charge on any atom is 0.229 e. The van der Waals surface area contributed by atoms with Crippen LogP contribution in [-0.2, 0) is 0 Å². The van der Waals surface area contributed by atoms with E-state index in [1.165, 1.54) is 0 Å². The Morgan fingerprint density at radius 3 is 0.625 bits per heavy atom. The van der Waals surface area contributed by atoms with Crippen molar-refractivity contribution in [2.24, 2.45) is 0 Å². The fourth-order valence-corrected chi connectivity index (χ4v) is 0. The molecule has 2 nitrogen and oxygen atoms in total. The first-order valence-corrected chi connectivity index (χ1v) is 3.27. The predicted molar refractivity (Wildman–Crippen MR) is 42.5 cm³/mol. The second kappa shape index (κ2) is 89.2. The number of hydrogen-bond donors (Lipinski definition) is 2. The van der Waals surface area contributed by atoms with E-state index >= 15 is 0 Å². The average Bonchev–Trinajstić information content (AvgIpc) is 2.22. The van der Waals surface area contributed by atoms with Crippen molar-refractivity contribution in [1.82, 2.24) is 0 Å². The summed E-state index contributed by atoms with van der Waals surface area (Å²) in [6.45, 7) is -7.47. The van der Waals surface area contributed by atoms with Crippen LogP contribution in [0.2, 0.25) is 0 Å². The summed E-state index contributed by atoms with van der Waals surface area (Å²) < 4.78 is 78.1. The van der Waals surface area contributed by atoms with Crippen LogP contribution in [0.3, 0.4) is 0 Å². The summed E-state index contributed by atoms with van der Waals surface area (Å²) in [7, 11) is 0. The first-order chi connectivity index (χ1) is 7.57. The van der Waals surface area contributed by atoms with Gasteiger partial charge < -0.3 is 10.2 Å². The molecule has 0 atom stereocenters. The normalized spacial score (nSPS) is 6.38. The highest BCUT2D eigenvalue weighted by molar-refractivity contribution is 4.08. The third kappa shape index (κ3) is 15700. The van der Waals surface area contributed by atoms with Crippen LogP contribution in [0, 0.1) is 0 Å². The molecule has 16 heavy (non-hydrogen) atoms. The summed E-state index contributed by atoms with van der Waals surface area (Å²) in [6.07, 6.45) is 0. The Kier molecular flexibility index (Phi) is 165. The molecule has 0 spiro atoms. The quantitative estimate of drug-likeness (QED) is 0.719. The van der Waals surface area contributed by atoms with Crippen molar-refractivity contribution >= 4 is 0 Å². The van der Waals surface area contributed by atoms with Gasteiger partial charge in [0.2, 0.25) is 20.8 Å². The van der Waals surface area contributed by atoms with E-state index in [1.54, 1.807) is 0 Å². The molecular weight excluding hydrogens is 256 g/mol. The number of hydrogen-bond acceptors (Lipinski definition) is 2. The molecule has 0 aromatic heterocycles. The van der Waals surface area contributed by atoms with Crippen molar-refractivity contribution in [3.63, 3.8) is 0 Å². The van der Waals surface area contributed by atoms with Crippen LogP contribution in [0.25, 0.3) is 0 Å². The zero-order chi connectivity index (χ0) is 14.2. The first-order valence-electron chi connectivity index (χ1n) is 3.27. The van der Waals surface area contributed by atoms with Gasteiger partial charge in [-0.05, 0) is 0 Å². The lowest BCUT2D eigenvalue weighted by Gasteiger charge is -1.66. The molecule has 0 fully saturated rings. The Morgan fingerprint density at radius 1 is 0.562 bits per heavy atom. The molecule has 0 aliphatic heterocycles. The summed E-state index contributed by atoms with van der Waals surface area (Å²) in [6, 6.07) is 0. The Labute approximate surface area is 87.5 Å². The summed E-state index contributed by atoms with van der Waals surface area (Å²) >= 11 is 0. The number of halogens is 8. The molecule has 0 aliphatic rings. The molecule has 0 amide bonds. The summed E-state index contributed by atoms with van der Waals surface area (Å²) in [5, 5.41) is 14.4. The monoisotopic (exact) mass is 270 g/mol. The largest absolute Gasteiger partial charge is 0.394 e. The maximum atomic E-state index is 10.5. The topological polar surface area (TPSA) is 40.5 Å². The van der Waals surface area contributed by atoms with Crippen molar-refractivity contribution in [2.45, 2.75) is 0 Å². The fourth-order valence-electron chi connectivity index (χ4n) is 0. The first kappa shape index (κ1) is 29.5. The average molecular weight is 270 g/mol. The van der Waals surface area contributed by atoms with Crippen LogP contribution in [0.15, 0.2) is 0 Å². The smallest absolute Gasteiger partial charge is 0.229 e. The van der Waals surface area contributed by atoms with E-state index in [-0.39, 0.29) is 6.61 Å². The van der Waals surface area contributed by atoms with Crippen LogP contribution in [0.1, 0.15) is 0 Å². The molecular formula is C6H14F8O2. The van der Waals surface area contributed by atoms with Gasteiger partial charge >= 0.3 is 0 Å². The molecule has 0 bridgehead atoms. The SMILES string of the molecule is FCF.FCF.FCF.OCCF.OCF. The van der Waals surface area contributed by atoms with Crippen molar-refractivity contribution < 1.29 is 45.3 Å². The van der Waals surface area contributed by atoms with E-state index in [9.17, 15) is 35.1 Å². The Bertz CT molecular complexity index is 43.5. The summed E-state index contributed by atoms with van der Waals surface area (Å²) in [5.41, 5.74) is 0. The minimum atomic E-state index is -1.75. The minimum Gasteiger partial charge on any atom is -0.394 e. The highest BCUT2D eigenvalue weighted by Gasteiger charge is 1.61. The molecule has 0 radical (unpaired) electrons. The van der Waals surface area contributed by atoms with Crippen LogP contribution < -0.4 is 0 Å². The highest BCUT2D eigenvalue weighted by atomic mass is 19.3. The van der Waals surface area contributed by atoms with Crippen LogP contribution in [0.4, 0.5) is 35.1 Å². The van der Waals surface area contributed by atoms with Gasteiger partial charge in [-0.25, -0.2) is 35.1 Å². The van der Waals surface area contributed by atoms with E-state index in [2.05, 4.69) is 0 Å². The molecule has 0 saturated heterocycles. The standard InChI is InChI=1S/C2H5FO.3CH2F2.CH3FO/c3-1-2-4;4*2-1-3/h4H,1-2H2;3*1H2;3H,1H2. The lowest BCUT2D eigenvalue weighted by Crippen LogP contribution is -1.77. The number of alkyl halides is 8. The molecule has 2 N–H and O–H groups in total. The van der Waals surface area contributed by atoms with Crippen molar-refractivity contribution in [3.8, 4) is 0 Å². The van der Waals surface area contributed by atoms with Crippen LogP contribution >= 0.6 is 0 Å². The van der Waals surface area contributed by atoms with Crippen molar-refractivity contribution in [2.75, 3.05) is 40.9 Å². The van der Waals surface area contributed by atoms with E-state index in [1.807, 2.05) is 0 Å². The number of rotatable bonds is 1. The van der Waals surface area contributed by atoms with E-state index in [4.69, 9.17) is 10.2 Å². The van der Waals surface area contributed by atoms with Crippen molar-refractivity contribution in [3.05, 3.63) is 0 Å². The van der Waals surface area contributed by atoms with Gasteiger partial charge in [0.15, 0.2) is 6.86 Å². The Hall–Kier alpha value is -0.640. The van der Waals surface area contributed by atoms with E-state index < -0.39 is 34.3 Å². The van der Waals surface area contributed by atoms with Gasteiger partial charge in [-0.3, -0.25) is 0 Å². The van der Waals surface area contributed by atoms with Gasteiger partial charge in [0.1, 0.15) is 6.67 Å². The van der Waals surface area contributed by atoms with Gasteiger partial charge in [0, 0.05) is 0 Å². The molecule has 0 aliphatic carbocycles. The molecule has 106 valence electrons. The zero-order valence-electron chi connectivity index (χ0n) is 8.16. The predicted octanol–water partition coefficient (Wildman–Crippen LogP) is 2.50. The minimum absolute atomic E-state index is 0.347. The molecule has 10 heteroatoms. The van der Waals surface area contributed by atoms with Crippen molar-refractivity contribution in [1.29, 1.82) is 0 Å². The van der Waals surface area contributed by atoms with E-state index in [0.29, 0.717) is 0 Å². The van der Waals surface area contributed by atoms with Gasteiger partial charge in [-0.2, -0.15) is 0 Å². The Morgan fingerprint density at radius 2 is 0.625 bits per heavy atom. The zero-order valence-corrected chi connectivity index (χ0v) is 8.16. The molecule has 0 aromatic carbocycles. The van der Waals surface area contributed by atoms with Crippen LogP contribution in [-0.4, -0.2) is 51.1 Å². The number of aliphatic hydroxyl groups is 2. The molecule has 0 rings (SSSR count). The molecule has 0 heterocycles. The van der Waals surface area contributed by atoms with Gasteiger partial charge in [-0.1, -0.05) is 0 Å². The molecule has 0 unspecified atom stereocenters.